The van der Waals surface area contributed by atoms with Crippen molar-refractivity contribution in [2.45, 2.75) is 31.7 Å². The maximum absolute atomic E-state index is 4.07. The van der Waals surface area contributed by atoms with Crippen molar-refractivity contribution in [1.82, 2.24) is 4.98 Å². The molecule has 0 spiro atoms. The molecular formula is C12H17BrN2. The molecule has 1 unspecified atom stereocenters. The molecule has 0 radical (unpaired) electrons. The Labute approximate surface area is 99.8 Å². The Kier molecular flexibility index (Phi) is 4.01. The summed E-state index contributed by atoms with van der Waals surface area (Å²) in [5, 5.41) is 1.12. The van der Waals surface area contributed by atoms with Gasteiger partial charge in [-0.2, -0.15) is 0 Å². The van der Waals surface area contributed by atoms with Crippen LogP contribution in [0.3, 0.4) is 0 Å². The van der Waals surface area contributed by atoms with Gasteiger partial charge in [0.05, 0.1) is 0 Å². The first-order chi connectivity index (χ1) is 7.42. The smallest absolute Gasteiger partial charge is 0.0399 e. The fourth-order valence-corrected chi connectivity index (χ4v) is 2.65. The number of aromatic nitrogens is 1. The summed E-state index contributed by atoms with van der Waals surface area (Å²) < 4.78 is 0. The molecule has 82 valence electrons. The van der Waals surface area contributed by atoms with Crippen LogP contribution in [-0.2, 0) is 0 Å². The zero-order valence-corrected chi connectivity index (χ0v) is 10.5. The number of halogens is 1. The Morgan fingerprint density at radius 1 is 1.40 bits per heavy atom. The summed E-state index contributed by atoms with van der Waals surface area (Å²) >= 11 is 3.50. The van der Waals surface area contributed by atoms with E-state index in [4.69, 9.17) is 0 Å². The SMILES string of the molecule is BrCCCC1CCCN1c1ccncc1. The maximum atomic E-state index is 4.07. The van der Waals surface area contributed by atoms with Crippen LogP contribution in [0.4, 0.5) is 5.69 Å². The van der Waals surface area contributed by atoms with Crippen molar-refractivity contribution >= 4 is 21.6 Å². The molecule has 0 N–H and O–H groups in total. The highest BCUT2D eigenvalue weighted by Crippen LogP contribution is 2.27. The third kappa shape index (κ3) is 2.71. The van der Waals surface area contributed by atoms with Crippen LogP contribution in [0.1, 0.15) is 25.7 Å². The molecule has 2 rings (SSSR count). The lowest BCUT2D eigenvalue weighted by Gasteiger charge is -2.26. The molecule has 1 fully saturated rings. The van der Waals surface area contributed by atoms with Crippen LogP contribution in [0, 0.1) is 0 Å². The zero-order chi connectivity index (χ0) is 10.5. The van der Waals surface area contributed by atoms with E-state index in [0.29, 0.717) is 0 Å². The van der Waals surface area contributed by atoms with E-state index in [0.717, 1.165) is 11.4 Å². The minimum atomic E-state index is 0.741. The molecule has 1 aromatic rings. The molecule has 0 saturated carbocycles. The Morgan fingerprint density at radius 2 is 2.20 bits per heavy atom. The number of hydrogen-bond acceptors (Lipinski definition) is 2. The molecule has 1 atom stereocenters. The molecule has 0 aromatic carbocycles. The molecule has 0 aliphatic carbocycles. The van der Waals surface area contributed by atoms with E-state index in [1.54, 1.807) is 0 Å². The van der Waals surface area contributed by atoms with Gasteiger partial charge in [0.15, 0.2) is 0 Å². The van der Waals surface area contributed by atoms with E-state index in [9.17, 15) is 0 Å². The Hall–Kier alpha value is -0.570. The van der Waals surface area contributed by atoms with Crippen molar-refractivity contribution in [1.29, 1.82) is 0 Å². The highest BCUT2D eigenvalue weighted by atomic mass is 79.9. The summed E-state index contributed by atoms with van der Waals surface area (Å²) in [4.78, 5) is 6.60. The first-order valence-electron chi connectivity index (χ1n) is 5.64. The van der Waals surface area contributed by atoms with Crippen LogP contribution in [-0.4, -0.2) is 22.9 Å². The van der Waals surface area contributed by atoms with Crippen molar-refractivity contribution in [3.05, 3.63) is 24.5 Å². The third-order valence-corrected chi connectivity index (χ3v) is 3.60. The highest BCUT2D eigenvalue weighted by molar-refractivity contribution is 9.09. The molecule has 1 aromatic heterocycles. The van der Waals surface area contributed by atoms with Gasteiger partial charge in [-0.15, -0.1) is 0 Å². The lowest BCUT2D eigenvalue weighted by atomic mass is 10.1. The lowest BCUT2D eigenvalue weighted by Crippen LogP contribution is -2.29. The number of hydrogen-bond donors (Lipinski definition) is 0. The molecule has 15 heavy (non-hydrogen) atoms. The molecule has 1 aliphatic heterocycles. The first-order valence-corrected chi connectivity index (χ1v) is 6.76. The quantitative estimate of drug-likeness (QED) is 0.780. The van der Waals surface area contributed by atoms with Crippen molar-refractivity contribution in [2.24, 2.45) is 0 Å². The predicted octanol–water partition coefficient (Wildman–Crippen LogP) is 3.23. The Bertz CT molecular complexity index is 289. The van der Waals surface area contributed by atoms with Crippen LogP contribution in [0.15, 0.2) is 24.5 Å². The number of alkyl halides is 1. The number of anilines is 1. The molecule has 1 aliphatic rings. The van der Waals surface area contributed by atoms with Gasteiger partial charge >= 0.3 is 0 Å². The maximum Gasteiger partial charge on any atom is 0.0399 e. The van der Waals surface area contributed by atoms with Crippen LogP contribution in [0.2, 0.25) is 0 Å². The summed E-state index contributed by atoms with van der Waals surface area (Å²) in [5.74, 6) is 0. The van der Waals surface area contributed by atoms with E-state index < -0.39 is 0 Å². The van der Waals surface area contributed by atoms with E-state index >= 15 is 0 Å². The summed E-state index contributed by atoms with van der Waals surface area (Å²) in [6.45, 7) is 1.21. The summed E-state index contributed by atoms with van der Waals surface area (Å²) in [5.41, 5.74) is 1.34. The monoisotopic (exact) mass is 268 g/mol. The minimum Gasteiger partial charge on any atom is -0.368 e. The van der Waals surface area contributed by atoms with Gasteiger partial charge in [0.1, 0.15) is 0 Å². The third-order valence-electron chi connectivity index (χ3n) is 3.04. The number of rotatable bonds is 4. The Morgan fingerprint density at radius 3 is 2.93 bits per heavy atom. The molecule has 0 bridgehead atoms. The fraction of sp³-hybridized carbons (Fsp3) is 0.583. The zero-order valence-electron chi connectivity index (χ0n) is 8.90. The van der Waals surface area contributed by atoms with Gasteiger partial charge in [0.2, 0.25) is 0 Å². The van der Waals surface area contributed by atoms with Gasteiger partial charge < -0.3 is 4.90 Å². The van der Waals surface area contributed by atoms with Crippen molar-refractivity contribution in [3.63, 3.8) is 0 Å². The second kappa shape index (κ2) is 5.50. The molecular weight excluding hydrogens is 252 g/mol. The molecule has 0 amide bonds. The number of pyridine rings is 1. The topological polar surface area (TPSA) is 16.1 Å². The van der Waals surface area contributed by atoms with Crippen molar-refractivity contribution in [2.75, 3.05) is 16.8 Å². The second-order valence-corrected chi connectivity index (χ2v) is 4.82. The highest BCUT2D eigenvalue weighted by Gasteiger charge is 2.23. The predicted molar refractivity (Wildman–Crippen MR) is 67.6 cm³/mol. The number of nitrogens with zero attached hydrogens (tertiary/aromatic N) is 2. The van der Waals surface area contributed by atoms with Gasteiger partial charge in [0, 0.05) is 36.0 Å². The van der Waals surface area contributed by atoms with Crippen LogP contribution in [0.25, 0.3) is 0 Å². The van der Waals surface area contributed by atoms with Crippen molar-refractivity contribution < 1.29 is 0 Å². The molecule has 2 nitrogen and oxygen atoms in total. The molecule has 2 heterocycles. The van der Waals surface area contributed by atoms with E-state index in [-0.39, 0.29) is 0 Å². The standard InChI is InChI=1S/C12H17BrN2/c13-7-1-3-11-4-2-10-15(11)12-5-8-14-9-6-12/h5-6,8-9,11H,1-4,7,10H2. The average Bonchev–Trinajstić information content (AvgIpc) is 2.75. The van der Waals surface area contributed by atoms with Gasteiger partial charge in [-0.3, -0.25) is 4.98 Å². The van der Waals surface area contributed by atoms with Crippen molar-refractivity contribution in [3.8, 4) is 0 Å². The van der Waals surface area contributed by atoms with E-state index in [1.165, 1.54) is 37.9 Å². The van der Waals surface area contributed by atoms with Gasteiger partial charge in [-0.1, -0.05) is 15.9 Å². The van der Waals surface area contributed by atoms with E-state index in [1.807, 2.05) is 12.4 Å². The summed E-state index contributed by atoms with van der Waals surface area (Å²) in [6, 6.07) is 4.98. The first kappa shape index (κ1) is 10.9. The normalized spacial score (nSPS) is 20.9. The van der Waals surface area contributed by atoms with E-state index in [2.05, 4.69) is 37.9 Å². The van der Waals surface area contributed by atoms with Gasteiger partial charge in [-0.25, -0.2) is 0 Å². The average molecular weight is 269 g/mol. The fourth-order valence-electron chi connectivity index (χ4n) is 2.32. The van der Waals surface area contributed by atoms with Crippen LogP contribution in [0.5, 0.6) is 0 Å². The summed E-state index contributed by atoms with van der Waals surface area (Å²) in [6.07, 6.45) is 9.01. The largest absolute Gasteiger partial charge is 0.368 e. The Balaban J connectivity index is 2.01. The summed E-state index contributed by atoms with van der Waals surface area (Å²) in [7, 11) is 0. The minimum absolute atomic E-state index is 0.741. The molecule has 1 saturated heterocycles. The molecule has 3 heteroatoms. The lowest BCUT2D eigenvalue weighted by molar-refractivity contribution is 0.604. The second-order valence-electron chi connectivity index (χ2n) is 4.03. The van der Waals surface area contributed by atoms with Crippen LogP contribution >= 0.6 is 15.9 Å². The van der Waals surface area contributed by atoms with Gasteiger partial charge in [-0.05, 0) is 37.8 Å². The van der Waals surface area contributed by atoms with Gasteiger partial charge in [0.25, 0.3) is 0 Å². The van der Waals surface area contributed by atoms with Crippen LogP contribution < -0.4 is 4.90 Å².